The van der Waals surface area contributed by atoms with Gasteiger partial charge >= 0.3 is 0 Å². The highest BCUT2D eigenvalue weighted by Gasteiger charge is 2.15. The average Bonchev–Trinajstić information content (AvgIpc) is 2.03. The fourth-order valence-corrected chi connectivity index (χ4v) is 1.24. The first-order valence-corrected chi connectivity index (χ1v) is 5.08. The maximum absolute atomic E-state index is 12.9. The maximum Gasteiger partial charge on any atom is 0.258 e. The van der Waals surface area contributed by atoms with Crippen molar-refractivity contribution >= 4 is 15.7 Å². The quantitative estimate of drug-likeness (QED) is 0.658. The van der Waals surface area contributed by atoms with Crippen LogP contribution in [0.15, 0.2) is 30.3 Å². The Balaban J connectivity index is 3.02. The summed E-state index contributed by atoms with van der Waals surface area (Å²) in [5, 5.41) is 0. The standard InChI is InChI=1S/C7H8FNO2S/c1-12(10,11)9(8)7-5-3-2-4-6-7/h2-6H,1H3. The predicted molar refractivity (Wildman–Crippen MR) is 44.9 cm³/mol. The van der Waals surface area contributed by atoms with Crippen LogP contribution in [0, 0.1) is 0 Å². The Morgan fingerprint density at radius 3 is 2.17 bits per heavy atom. The van der Waals surface area contributed by atoms with Crippen LogP contribution in [-0.4, -0.2) is 14.7 Å². The lowest BCUT2D eigenvalue weighted by Crippen LogP contribution is -2.20. The molecule has 0 heterocycles. The summed E-state index contributed by atoms with van der Waals surface area (Å²) in [6.07, 6.45) is 0.806. The van der Waals surface area contributed by atoms with E-state index >= 15 is 0 Å². The van der Waals surface area contributed by atoms with E-state index in [1.165, 1.54) is 12.1 Å². The minimum atomic E-state index is -3.79. The fraction of sp³-hybridized carbons (Fsp3) is 0.143. The first-order chi connectivity index (χ1) is 5.52. The number of hydrogen-bond donors (Lipinski definition) is 0. The highest BCUT2D eigenvalue weighted by atomic mass is 32.2. The van der Waals surface area contributed by atoms with Gasteiger partial charge in [-0.05, 0) is 12.1 Å². The van der Waals surface area contributed by atoms with Gasteiger partial charge in [0.2, 0.25) is 0 Å². The van der Waals surface area contributed by atoms with E-state index < -0.39 is 10.0 Å². The number of benzene rings is 1. The second-order valence-corrected chi connectivity index (χ2v) is 4.10. The third-order valence-electron chi connectivity index (χ3n) is 1.25. The van der Waals surface area contributed by atoms with Gasteiger partial charge in [0.1, 0.15) is 0 Å². The number of hydrogen-bond acceptors (Lipinski definition) is 2. The molecule has 1 aromatic rings. The zero-order chi connectivity index (χ0) is 9.19. The monoisotopic (exact) mass is 189 g/mol. The third-order valence-corrected chi connectivity index (χ3v) is 2.04. The molecule has 0 N–H and O–H groups in total. The molecule has 0 spiro atoms. The second kappa shape index (κ2) is 3.10. The summed E-state index contributed by atoms with van der Waals surface area (Å²) in [6, 6.07) is 7.56. The molecule has 1 aromatic carbocycles. The van der Waals surface area contributed by atoms with Crippen LogP contribution in [0.2, 0.25) is 0 Å². The van der Waals surface area contributed by atoms with E-state index in [2.05, 4.69) is 0 Å². The molecule has 3 nitrogen and oxygen atoms in total. The summed E-state index contributed by atoms with van der Waals surface area (Å²) < 4.78 is 34.0. The summed E-state index contributed by atoms with van der Waals surface area (Å²) in [5.41, 5.74) is 0.0139. The molecule has 0 amide bonds. The molecule has 0 aromatic heterocycles. The highest BCUT2D eigenvalue weighted by Crippen LogP contribution is 2.16. The van der Waals surface area contributed by atoms with Gasteiger partial charge in [0.15, 0.2) is 0 Å². The first kappa shape index (κ1) is 8.99. The summed E-state index contributed by atoms with van der Waals surface area (Å²) in [6.45, 7) is 0. The number of para-hydroxylation sites is 1. The van der Waals surface area contributed by atoms with Crippen LogP contribution in [0.3, 0.4) is 0 Å². The zero-order valence-electron chi connectivity index (χ0n) is 6.44. The van der Waals surface area contributed by atoms with Crippen molar-refractivity contribution < 1.29 is 12.9 Å². The van der Waals surface area contributed by atoms with Crippen LogP contribution in [0.5, 0.6) is 0 Å². The predicted octanol–water partition coefficient (Wildman–Crippen LogP) is 1.34. The molecule has 0 fully saturated rings. The normalized spacial score (nSPS) is 11.2. The molecule has 0 radical (unpaired) electrons. The molecule has 1 rings (SSSR count). The Kier molecular flexibility index (Phi) is 2.32. The molecular formula is C7H8FNO2S. The molecule has 0 atom stereocenters. The van der Waals surface area contributed by atoms with Crippen molar-refractivity contribution in [1.29, 1.82) is 0 Å². The molecule has 0 saturated carbocycles. The number of rotatable bonds is 2. The van der Waals surface area contributed by atoms with E-state index in [0.717, 1.165) is 6.26 Å². The number of anilines is 1. The molecule has 0 unspecified atom stereocenters. The lowest BCUT2D eigenvalue weighted by molar-refractivity contribution is 0.499. The lowest BCUT2D eigenvalue weighted by Gasteiger charge is -2.09. The van der Waals surface area contributed by atoms with E-state index in [1.54, 1.807) is 18.2 Å². The topological polar surface area (TPSA) is 37.4 Å². The number of halogens is 1. The number of sulfonamides is 1. The zero-order valence-corrected chi connectivity index (χ0v) is 7.25. The molecule has 0 bridgehead atoms. The minimum Gasteiger partial charge on any atom is -0.204 e. The average molecular weight is 189 g/mol. The van der Waals surface area contributed by atoms with Gasteiger partial charge in [0, 0.05) is 0 Å². The van der Waals surface area contributed by atoms with Crippen molar-refractivity contribution in [3.63, 3.8) is 0 Å². The van der Waals surface area contributed by atoms with Gasteiger partial charge in [-0.15, -0.1) is 4.53 Å². The largest absolute Gasteiger partial charge is 0.258 e. The number of nitrogens with zero attached hydrogens (tertiary/aromatic N) is 1. The van der Waals surface area contributed by atoms with Crippen molar-refractivity contribution in [3.8, 4) is 0 Å². The van der Waals surface area contributed by atoms with Gasteiger partial charge in [0.25, 0.3) is 10.0 Å². The Bertz CT molecular complexity index is 349. The fourth-order valence-electron chi connectivity index (χ4n) is 0.737. The molecule has 0 aliphatic heterocycles. The van der Waals surface area contributed by atoms with Crippen LogP contribution in [0.4, 0.5) is 10.2 Å². The van der Waals surface area contributed by atoms with Gasteiger partial charge < -0.3 is 0 Å². The molecule has 0 aliphatic rings. The third kappa shape index (κ3) is 1.94. The van der Waals surface area contributed by atoms with Crippen molar-refractivity contribution in [2.75, 3.05) is 10.8 Å². The smallest absolute Gasteiger partial charge is 0.204 e. The van der Waals surface area contributed by atoms with Crippen molar-refractivity contribution in [2.45, 2.75) is 0 Å². The van der Waals surface area contributed by atoms with E-state index in [0.29, 0.717) is 0 Å². The Labute approximate surface area is 70.4 Å². The van der Waals surface area contributed by atoms with Crippen LogP contribution >= 0.6 is 0 Å². The molecular weight excluding hydrogens is 181 g/mol. The maximum atomic E-state index is 12.9. The molecule has 66 valence electrons. The molecule has 12 heavy (non-hydrogen) atoms. The Morgan fingerprint density at radius 2 is 1.75 bits per heavy atom. The van der Waals surface area contributed by atoms with Crippen LogP contribution in [0.1, 0.15) is 0 Å². The first-order valence-electron chi connectivity index (χ1n) is 3.23. The van der Waals surface area contributed by atoms with Gasteiger partial charge in [0.05, 0.1) is 11.9 Å². The molecule has 0 saturated heterocycles. The summed E-state index contributed by atoms with van der Waals surface area (Å²) in [7, 11) is -3.79. The summed E-state index contributed by atoms with van der Waals surface area (Å²) in [4.78, 5) is 0. The Hall–Kier alpha value is -1.10. The summed E-state index contributed by atoms with van der Waals surface area (Å²) >= 11 is 0. The van der Waals surface area contributed by atoms with Crippen molar-refractivity contribution in [3.05, 3.63) is 30.3 Å². The lowest BCUT2D eigenvalue weighted by atomic mass is 10.3. The van der Waals surface area contributed by atoms with Gasteiger partial charge in [-0.25, -0.2) is 8.42 Å². The minimum absolute atomic E-state index is 0.0139. The Morgan fingerprint density at radius 1 is 1.25 bits per heavy atom. The van der Waals surface area contributed by atoms with Crippen molar-refractivity contribution in [2.24, 2.45) is 0 Å². The molecule has 5 heteroatoms. The van der Waals surface area contributed by atoms with E-state index in [9.17, 15) is 12.9 Å². The SMILES string of the molecule is CS(=O)(=O)N(F)c1ccccc1. The van der Waals surface area contributed by atoms with Crippen LogP contribution in [-0.2, 0) is 10.0 Å². The highest BCUT2D eigenvalue weighted by molar-refractivity contribution is 7.91. The van der Waals surface area contributed by atoms with Gasteiger partial charge in [-0.2, -0.15) is 0 Å². The van der Waals surface area contributed by atoms with Gasteiger partial charge in [-0.1, -0.05) is 22.7 Å². The van der Waals surface area contributed by atoms with Gasteiger partial charge in [-0.3, -0.25) is 0 Å². The van der Waals surface area contributed by atoms with E-state index in [-0.39, 0.29) is 10.2 Å². The van der Waals surface area contributed by atoms with E-state index in [1.807, 2.05) is 0 Å². The summed E-state index contributed by atoms with van der Waals surface area (Å²) in [5.74, 6) is 0. The molecule has 0 aliphatic carbocycles. The van der Waals surface area contributed by atoms with Crippen molar-refractivity contribution in [1.82, 2.24) is 0 Å². The van der Waals surface area contributed by atoms with Crippen LogP contribution < -0.4 is 4.53 Å². The van der Waals surface area contributed by atoms with Crippen LogP contribution in [0.25, 0.3) is 0 Å². The van der Waals surface area contributed by atoms with E-state index in [4.69, 9.17) is 0 Å². The second-order valence-electron chi connectivity index (χ2n) is 2.31.